The summed E-state index contributed by atoms with van der Waals surface area (Å²) in [5.74, 6) is 1.91. The molecule has 0 unspecified atom stereocenters. The lowest BCUT2D eigenvalue weighted by molar-refractivity contribution is 0.0947. The molecule has 3 heterocycles. The number of aryl methyl sites for hydroxylation is 2. The number of carbonyl (C=O) groups is 1. The molecule has 0 aliphatic heterocycles. The number of hydrogen-bond donors (Lipinski definition) is 1. The van der Waals surface area contributed by atoms with E-state index in [4.69, 9.17) is 9.15 Å². The molecule has 0 aliphatic rings. The summed E-state index contributed by atoms with van der Waals surface area (Å²) in [6, 6.07) is 14.6. The smallest absolute Gasteiger partial charge is 0.260 e. The first-order valence-electron chi connectivity index (χ1n) is 9.92. The molecule has 0 fully saturated rings. The standard InChI is InChI=1S/C24H23N3O4/c1-15-4-7-19(31-15)13-25-23(28)20-12-21-22(26-16(20)2)10-11-27(24(21)29)14-17-5-8-18(30-3)9-6-17/h4-12H,13-14H2,1-3H3,(H,25,28). The second kappa shape index (κ2) is 8.47. The topological polar surface area (TPSA) is 86.4 Å². The number of methoxy groups -OCH3 is 1. The Balaban J connectivity index is 1.61. The minimum Gasteiger partial charge on any atom is -0.497 e. The Labute approximate surface area is 179 Å². The highest BCUT2D eigenvalue weighted by atomic mass is 16.5. The van der Waals surface area contributed by atoms with Crippen molar-refractivity contribution in [1.29, 1.82) is 0 Å². The van der Waals surface area contributed by atoms with E-state index >= 15 is 0 Å². The van der Waals surface area contributed by atoms with Gasteiger partial charge in [0.1, 0.15) is 17.3 Å². The van der Waals surface area contributed by atoms with Gasteiger partial charge in [0.05, 0.1) is 42.4 Å². The van der Waals surface area contributed by atoms with Crippen LogP contribution in [0, 0.1) is 13.8 Å². The van der Waals surface area contributed by atoms with Gasteiger partial charge in [0.25, 0.3) is 11.5 Å². The molecule has 0 spiro atoms. The molecule has 0 saturated heterocycles. The number of fused-ring (bicyclic) bond motifs is 1. The van der Waals surface area contributed by atoms with Crippen molar-refractivity contribution in [2.24, 2.45) is 0 Å². The second-order valence-electron chi connectivity index (χ2n) is 7.35. The molecule has 158 valence electrons. The predicted molar refractivity (Wildman–Crippen MR) is 117 cm³/mol. The number of pyridine rings is 2. The van der Waals surface area contributed by atoms with Crippen LogP contribution < -0.4 is 15.6 Å². The third kappa shape index (κ3) is 4.35. The van der Waals surface area contributed by atoms with Crippen molar-refractivity contribution in [2.45, 2.75) is 26.9 Å². The molecule has 0 radical (unpaired) electrons. The van der Waals surface area contributed by atoms with E-state index < -0.39 is 0 Å². The summed E-state index contributed by atoms with van der Waals surface area (Å²) in [6.45, 7) is 4.28. The van der Waals surface area contributed by atoms with E-state index in [1.165, 1.54) is 0 Å². The summed E-state index contributed by atoms with van der Waals surface area (Å²) >= 11 is 0. The fraction of sp³-hybridized carbons (Fsp3) is 0.208. The predicted octanol–water partition coefficient (Wildman–Crippen LogP) is 3.59. The Morgan fingerprint density at radius 1 is 1.13 bits per heavy atom. The molecule has 7 nitrogen and oxygen atoms in total. The van der Waals surface area contributed by atoms with Gasteiger partial charge in [0.15, 0.2) is 0 Å². The van der Waals surface area contributed by atoms with Crippen LogP contribution in [0.5, 0.6) is 5.75 Å². The van der Waals surface area contributed by atoms with E-state index in [1.807, 2.05) is 43.3 Å². The van der Waals surface area contributed by atoms with Crippen LogP contribution in [0.25, 0.3) is 10.9 Å². The number of ether oxygens (including phenoxy) is 1. The minimum atomic E-state index is -0.300. The monoisotopic (exact) mass is 417 g/mol. The van der Waals surface area contributed by atoms with Crippen LogP contribution in [-0.2, 0) is 13.1 Å². The third-order valence-electron chi connectivity index (χ3n) is 5.12. The molecule has 1 amide bonds. The summed E-state index contributed by atoms with van der Waals surface area (Å²) in [7, 11) is 1.61. The minimum absolute atomic E-state index is 0.198. The van der Waals surface area contributed by atoms with Gasteiger partial charge in [-0.3, -0.25) is 14.6 Å². The van der Waals surface area contributed by atoms with Crippen LogP contribution in [0.15, 0.2) is 63.9 Å². The normalized spacial score (nSPS) is 10.9. The Morgan fingerprint density at radius 2 is 1.90 bits per heavy atom. The van der Waals surface area contributed by atoms with Crippen LogP contribution >= 0.6 is 0 Å². The molecule has 0 saturated carbocycles. The molecular weight excluding hydrogens is 394 g/mol. The van der Waals surface area contributed by atoms with Crippen LogP contribution in [-0.4, -0.2) is 22.6 Å². The number of amides is 1. The van der Waals surface area contributed by atoms with Gasteiger partial charge < -0.3 is 19.0 Å². The maximum Gasteiger partial charge on any atom is 0.260 e. The zero-order chi connectivity index (χ0) is 22.0. The lowest BCUT2D eigenvalue weighted by atomic mass is 10.1. The summed E-state index contributed by atoms with van der Waals surface area (Å²) < 4.78 is 12.3. The number of rotatable bonds is 6. The zero-order valence-electron chi connectivity index (χ0n) is 17.6. The molecule has 3 aromatic heterocycles. The van der Waals surface area contributed by atoms with E-state index in [1.54, 1.807) is 36.9 Å². The van der Waals surface area contributed by atoms with Crippen molar-refractivity contribution in [1.82, 2.24) is 14.9 Å². The van der Waals surface area contributed by atoms with E-state index in [-0.39, 0.29) is 18.0 Å². The van der Waals surface area contributed by atoms with Crippen molar-refractivity contribution in [3.8, 4) is 5.75 Å². The molecule has 7 heteroatoms. The number of furan rings is 1. The highest BCUT2D eigenvalue weighted by Crippen LogP contribution is 2.16. The van der Waals surface area contributed by atoms with Crippen LogP contribution in [0.2, 0.25) is 0 Å². The third-order valence-corrected chi connectivity index (χ3v) is 5.12. The van der Waals surface area contributed by atoms with Gasteiger partial charge in [-0.15, -0.1) is 0 Å². The molecule has 1 aromatic carbocycles. The fourth-order valence-corrected chi connectivity index (χ4v) is 3.43. The lowest BCUT2D eigenvalue weighted by Gasteiger charge is -2.11. The van der Waals surface area contributed by atoms with Gasteiger partial charge in [0, 0.05) is 6.20 Å². The van der Waals surface area contributed by atoms with Crippen molar-refractivity contribution in [3.63, 3.8) is 0 Å². The number of benzene rings is 1. The summed E-state index contributed by atoms with van der Waals surface area (Å²) in [6.07, 6.45) is 1.72. The molecule has 0 atom stereocenters. The van der Waals surface area contributed by atoms with E-state index in [2.05, 4.69) is 10.3 Å². The molecule has 31 heavy (non-hydrogen) atoms. The fourth-order valence-electron chi connectivity index (χ4n) is 3.43. The molecular formula is C24H23N3O4. The molecule has 1 N–H and O–H groups in total. The molecule has 4 aromatic rings. The number of aromatic nitrogens is 2. The molecule has 4 rings (SSSR count). The Kier molecular flexibility index (Phi) is 5.58. The number of carbonyl (C=O) groups excluding carboxylic acids is 1. The van der Waals surface area contributed by atoms with Crippen molar-refractivity contribution in [3.05, 3.63) is 93.4 Å². The van der Waals surface area contributed by atoms with Crippen LogP contribution in [0.1, 0.15) is 33.1 Å². The van der Waals surface area contributed by atoms with Gasteiger partial charge >= 0.3 is 0 Å². The lowest BCUT2D eigenvalue weighted by Crippen LogP contribution is -2.25. The molecule has 0 aliphatic carbocycles. The Hall–Kier alpha value is -3.87. The van der Waals surface area contributed by atoms with E-state index in [0.717, 1.165) is 17.1 Å². The second-order valence-corrected chi connectivity index (χ2v) is 7.35. The highest BCUT2D eigenvalue weighted by molar-refractivity contribution is 5.98. The van der Waals surface area contributed by atoms with Crippen LogP contribution in [0.4, 0.5) is 0 Å². The van der Waals surface area contributed by atoms with Crippen molar-refractivity contribution in [2.75, 3.05) is 7.11 Å². The Bertz CT molecular complexity index is 1300. The first-order chi connectivity index (χ1) is 14.9. The Morgan fingerprint density at radius 3 is 2.58 bits per heavy atom. The average molecular weight is 417 g/mol. The number of nitrogens with one attached hydrogen (secondary N) is 1. The van der Waals surface area contributed by atoms with Gasteiger partial charge in [-0.1, -0.05) is 12.1 Å². The van der Waals surface area contributed by atoms with Gasteiger partial charge in [-0.2, -0.15) is 0 Å². The van der Waals surface area contributed by atoms with E-state index in [9.17, 15) is 9.59 Å². The first kappa shape index (κ1) is 20.4. The summed E-state index contributed by atoms with van der Waals surface area (Å²) in [5, 5.41) is 3.23. The molecule has 0 bridgehead atoms. The maximum absolute atomic E-state index is 13.1. The number of nitrogens with zero attached hydrogens (tertiary/aromatic N) is 2. The van der Waals surface area contributed by atoms with E-state index in [0.29, 0.717) is 34.5 Å². The average Bonchev–Trinajstić information content (AvgIpc) is 3.19. The van der Waals surface area contributed by atoms with Crippen molar-refractivity contribution >= 4 is 16.8 Å². The van der Waals surface area contributed by atoms with Gasteiger partial charge in [-0.05, 0) is 55.8 Å². The quantitative estimate of drug-likeness (QED) is 0.518. The van der Waals surface area contributed by atoms with Gasteiger partial charge in [0.2, 0.25) is 0 Å². The summed E-state index contributed by atoms with van der Waals surface area (Å²) in [5.41, 5.74) is 2.26. The van der Waals surface area contributed by atoms with Crippen LogP contribution in [0.3, 0.4) is 0 Å². The zero-order valence-corrected chi connectivity index (χ0v) is 17.6. The summed E-state index contributed by atoms with van der Waals surface area (Å²) in [4.78, 5) is 30.3. The SMILES string of the molecule is COc1ccc(Cn2ccc3nc(C)c(C(=O)NCc4ccc(C)o4)cc3c2=O)cc1. The maximum atomic E-state index is 13.1. The largest absolute Gasteiger partial charge is 0.497 e. The first-order valence-corrected chi connectivity index (χ1v) is 9.92. The van der Waals surface area contributed by atoms with Crippen molar-refractivity contribution < 1.29 is 13.9 Å². The van der Waals surface area contributed by atoms with Gasteiger partial charge in [-0.25, -0.2) is 0 Å². The number of hydrogen-bond acceptors (Lipinski definition) is 5. The highest BCUT2D eigenvalue weighted by Gasteiger charge is 2.15.